The maximum Gasteiger partial charge on any atom is 0.416 e. The number of nitrogens with two attached hydrogens (primary N) is 1. The zero-order chi connectivity index (χ0) is 10.9. The second kappa shape index (κ2) is 4.06. The molecule has 0 fully saturated rings. The lowest BCUT2D eigenvalue weighted by atomic mass is 10.0. The lowest BCUT2D eigenvalue weighted by Crippen LogP contribution is -2.10. The first kappa shape index (κ1) is 11.8. The van der Waals surface area contributed by atoms with Crippen molar-refractivity contribution in [3.8, 4) is 0 Å². The summed E-state index contributed by atoms with van der Waals surface area (Å²) < 4.78 is 37.8. The normalized spacial score (nSPS) is 11.9. The van der Waals surface area contributed by atoms with Gasteiger partial charge in [0.15, 0.2) is 0 Å². The summed E-state index contributed by atoms with van der Waals surface area (Å²) in [5, 5.41) is 0. The van der Waals surface area contributed by atoms with E-state index in [9.17, 15) is 13.2 Å². The number of rotatable bonds is 1. The predicted octanol–water partition coefficient (Wildman–Crippen LogP) is 3.08. The zero-order valence-electron chi connectivity index (χ0n) is 7.45. The first-order valence-electron chi connectivity index (χ1n) is 3.92. The summed E-state index contributed by atoms with van der Waals surface area (Å²) in [5.41, 5.74) is 5.78. The molecule has 0 radical (unpaired) electrons. The molecule has 14 heavy (non-hydrogen) atoms. The molecule has 0 amide bonds. The second-order valence-electron chi connectivity index (χ2n) is 2.96. The van der Waals surface area contributed by atoms with E-state index in [-0.39, 0.29) is 12.1 Å². The Morgan fingerprint density at radius 3 is 2.36 bits per heavy atom. The highest BCUT2D eigenvalue weighted by Gasteiger charge is 2.32. The molecule has 1 aromatic carbocycles. The molecule has 0 bridgehead atoms. The Bertz CT molecular complexity index is 347. The summed E-state index contributed by atoms with van der Waals surface area (Å²) in [5.74, 6) is 0. The smallest absolute Gasteiger partial charge is 0.326 e. The predicted molar refractivity (Wildman–Crippen MR) is 56.8 cm³/mol. The van der Waals surface area contributed by atoms with E-state index in [0.717, 1.165) is 11.6 Å². The molecule has 0 atom stereocenters. The van der Waals surface area contributed by atoms with Gasteiger partial charge in [0.25, 0.3) is 0 Å². The van der Waals surface area contributed by atoms with Gasteiger partial charge < -0.3 is 5.73 Å². The maximum atomic E-state index is 12.4. The molecule has 0 aromatic heterocycles. The van der Waals surface area contributed by atoms with E-state index in [2.05, 4.69) is 0 Å². The van der Waals surface area contributed by atoms with Crippen LogP contribution in [0.1, 0.15) is 16.7 Å². The van der Waals surface area contributed by atoms with Crippen molar-refractivity contribution < 1.29 is 13.2 Å². The fraction of sp³-hybridized carbons (Fsp3) is 0.333. The van der Waals surface area contributed by atoms with Crippen molar-refractivity contribution in [2.24, 2.45) is 5.73 Å². The van der Waals surface area contributed by atoms with Gasteiger partial charge in [-0.1, -0.05) is 6.07 Å². The third-order valence-electron chi connectivity index (χ3n) is 1.92. The van der Waals surface area contributed by atoms with Gasteiger partial charge in [0.05, 0.1) is 5.56 Å². The van der Waals surface area contributed by atoms with Crippen LogP contribution in [-0.4, -0.2) is 0 Å². The van der Waals surface area contributed by atoms with Gasteiger partial charge >= 0.3 is 6.18 Å². The monoisotopic (exact) mass is 315 g/mol. The summed E-state index contributed by atoms with van der Waals surface area (Å²) in [6.45, 7) is 1.70. The van der Waals surface area contributed by atoms with Crippen molar-refractivity contribution in [1.82, 2.24) is 0 Å². The van der Waals surface area contributed by atoms with Gasteiger partial charge in [-0.25, -0.2) is 0 Å². The minimum atomic E-state index is -4.28. The average Bonchev–Trinajstić information content (AvgIpc) is 2.06. The number of hydrogen-bond acceptors (Lipinski definition) is 1. The lowest BCUT2D eigenvalue weighted by molar-refractivity contribution is -0.138. The van der Waals surface area contributed by atoms with Gasteiger partial charge in [0.2, 0.25) is 0 Å². The van der Waals surface area contributed by atoms with E-state index in [1.54, 1.807) is 0 Å². The van der Waals surface area contributed by atoms with Gasteiger partial charge in [-0.3, -0.25) is 0 Å². The molecule has 0 aliphatic rings. The van der Waals surface area contributed by atoms with Crippen molar-refractivity contribution in [3.05, 3.63) is 32.4 Å². The summed E-state index contributed by atoms with van der Waals surface area (Å²) in [6, 6.07) is 2.63. The van der Waals surface area contributed by atoms with E-state index in [0.29, 0.717) is 3.57 Å². The van der Waals surface area contributed by atoms with E-state index in [4.69, 9.17) is 5.73 Å². The Morgan fingerprint density at radius 1 is 1.36 bits per heavy atom. The van der Waals surface area contributed by atoms with Crippen LogP contribution in [0.15, 0.2) is 12.1 Å². The molecule has 5 heteroatoms. The highest BCUT2D eigenvalue weighted by Crippen LogP contribution is 2.33. The number of halogens is 4. The number of alkyl halides is 3. The first-order valence-corrected chi connectivity index (χ1v) is 5.00. The van der Waals surface area contributed by atoms with Crippen LogP contribution in [0.4, 0.5) is 13.2 Å². The Labute approximate surface area is 93.6 Å². The molecule has 78 valence electrons. The van der Waals surface area contributed by atoms with Crippen LogP contribution in [0.3, 0.4) is 0 Å². The van der Waals surface area contributed by atoms with Gasteiger partial charge in [0.1, 0.15) is 0 Å². The summed E-state index contributed by atoms with van der Waals surface area (Å²) in [7, 11) is 0. The zero-order valence-corrected chi connectivity index (χ0v) is 9.61. The Balaban J connectivity index is 3.29. The van der Waals surface area contributed by atoms with Crippen LogP contribution < -0.4 is 5.73 Å². The summed E-state index contributed by atoms with van der Waals surface area (Å²) >= 11 is 1.86. The van der Waals surface area contributed by atoms with Crippen LogP contribution in [0.5, 0.6) is 0 Å². The van der Waals surface area contributed by atoms with Gasteiger partial charge in [-0.15, -0.1) is 0 Å². The van der Waals surface area contributed by atoms with Crippen molar-refractivity contribution in [2.45, 2.75) is 19.6 Å². The van der Waals surface area contributed by atoms with E-state index >= 15 is 0 Å². The largest absolute Gasteiger partial charge is 0.416 e. The molecule has 0 unspecified atom stereocenters. The molecular formula is C9H9F3IN. The molecular weight excluding hydrogens is 306 g/mol. The average molecular weight is 315 g/mol. The molecule has 0 aliphatic heterocycles. The molecule has 0 heterocycles. The molecule has 0 aliphatic carbocycles. The first-order chi connectivity index (χ1) is 6.36. The van der Waals surface area contributed by atoms with Crippen LogP contribution in [0.2, 0.25) is 0 Å². The van der Waals surface area contributed by atoms with Crippen molar-refractivity contribution in [1.29, 1.82) is 0 Å². The molecule has 0 saturated heterocycles. The molecule has 0 saturated carbocycles. The minimum Gasteiger partial charge on any atom is -0.326 e. The quantitative estimate of drug-likeness (QED) is 0.792. The highest BCUT2D eigenvalue weighted by molar-refractivity contribution is 14.1. The third kappa shape index (κ3) is 2.38. The van der Waals surface area contributed by atoms with E-state index < -0.39 is 11.7 Å². The van der Waals surface area contributed by atoms with Crippen LogP contribution >= 0.6 is 22.6 Å². The Morgan fingerprint density at radius 2 is 1.93 bits per heavy atom. The highest BCUT2D eigenvalue weighted by atomic mass is 127. The number of hydrogen-bond donors (Lipinski definition) is 1. The lowest BCUT2D eigenvalue weighted by Gasteiger charge is -2.12. The van der Waals surface area contributed by atoms with E-state index in [1.165, 1.54) is 13.0 Å². The van der Waals surface area contributed by atoms with Gasteiger partial charge in [-0.05, 0) is 46.7 Å². The molecule has 1 nitrogen and oxygen atoms in total. The van der Waals surface area contributed by atoms with Crippen molar-refractivity contribution in [2.75, 3.05) is 0 Å². The maximum absolute atomic E-state index is 12.4. The Hall–Kier alpha value is -0.300. The molecule has 1 aromatic rings. The van der Waals surface area contributed by atoms with Crippen LogP contribution in [-0.2, 0) is 12.7 Å². The van der Waals surface area contributed by atoms with Gasteiger partial charge in [0, 0.05) is 10.1 Å². The van der Waals surface area contributed by atoms with E-state index in [1.807, 2.05) is 22.6 Å². The second-order valence-corrected chi connectivity index (χ2v) is 4.12. The fourth-order valence-electron chi connectivity index (χ4n) is 1.20. The number of benzene rings is 1. The molecule has 0 spiro atoms. The van der Waals surface area contributed by atoms with Crippen LogP contribution in [0, 0.1) is 10.5 Å². The summed E-state index contributed by atoms with van der Waals surface area (Å²) in [4.78, 5) is 0. The molecule has 1 rings (SSSR count). The van der Waals surface area contributed by atoms with Crippen molar-refractivity contribution in [3.63, 3.8) is 0 Å². The fourth-order valence-corrected chi connectivity index (χ4v) is 1.89. The topological polar surface area (TPSA) is 26.0 Å². The van der Waals surface area contributed by atoms with Gasteiger partial charge in [-0.2, -0.15) is 13.2 Å². The Kier molecular flexibility index (Phi) is 3.41. The van der Waals surface area contributed by atoms with Crippen LogP contribution in [0.25, 0.3) is 0 Å². The minimum absolute atomic E-state index is 0.221. The summed E-state index contributed by atoms with van der Waals surface area (Å²) in [6.07, 6.45) is -4.28. The number of aryl methyl sites for hydroxylation is 1. The SMILES string of the molecule is Cc1cc(CN)c(I)cc1C(F)(F)F. The van der Waals surface area contributed by atoms with Crippen molar-refractivity contribution >= 4 is 22.6 Å². The molecule has 2 N–H and O–H groups in total. The third-order valence-corrected chi connectivity index (χ3v) is 2.92. The standard InChI is InChI=1S/C9H9F3IN/c1-5-2-6(4-14)8(13)3-7(5)9(10,11)12/h2-3H,4,14H2,1H3.